The zero-order valence-corrected chi connectivity index (χ0v) is 11.4. The lowest BCUT2D eigenvalue weighted by Crippen LogP contribution is -1.85. The van der Waals surface area contributed by atoms with Crippen molar-refractivity contribution in [2.45, 2.75) is 12.8 Å². The highest BCUT2D eigenvalue weighted by molar-refractivity contribution is 5.19. The van der Waals surface area contributed by atoms with Crippen LogP contribution in [0, 0.1) is 0 Å². The van der Waals surface area contributed by atoms with Gasteiger partial charge in [0.05, 0.1) is 0 Å². The predicted molar refractivity (Wildman–Crippen MR) is 79.6 cm³/mol. The number of unbranched alkanes of at least 4 members (excludes halogenated alkanes) is 1. The van der Waals surface area contributed by atoms with E-state index in [1.165, 1.54) is 0 Å². The molecule has 0 fully saturated rings. The Bertz CT molecular complexity index is 362. The summed E-state index contributed by atoms with van der Waals surface area (Å²) in [5, 5.41) is 33.4. The second kappa shape index (κ2) is 13.4. The molecule has 0 amide bonds. The van der Waals surface area contributed by atoms with Gasteiger partial charge in [0.25, 0.3) is 0 Å². The van der Waals surface area contributed by atoms with Crippen molar-refractivity contribution in [3.63, 3.8) is 0 Å². The summed E-state index contributed by atoms with van der Waals surface area (Å²) in [6.45, 7) is 0.390. The molecule has 110 valence electrons. The van der Waals surface area contributed by atoms with Gasteiger partial charge < -0.3 is 20.4 Å². The fourth-order valence-electron chi connectivity index (χ4n) is 1.08. The van der Waals surface area contributed by atoms with E-state index in [1.807, 2.05) is 12.1 Å². The molecule has 0 spiro atoms. The van der Waals surface area contributed by atoms with Gasteiger partial charge in [-0.15, -0.1) is 0 Å². The van der Waals surface area contributed by atoms with Crippen molar-refractivity contribution >= 4 is 0 Å². The SMILES string of the molecule is OCCCCO.Oc1ccccc1.Oc1ccccc1. The number of aliphatic hydroxyl groups excluding tert-OH is 2. The van der Waals surface area contributed by atoms with Gasteiger partial charge in [-0.05, 0) is 37.1 Å². The Morgan fingerprint density at radius 2 is 0.850 bits per heavy atom. The summed E-state index contributed by atoms with van der Waals surface area (Å²) in [5.41, 5.74) is 0. The average Bonchev–Trinajstić information content (AvgIpc) is 2.48. The van der Waals surface area contributed by atoms with Crippen molar-refractivity contribution < 1.29 is 20.4 Å². The minimum atomic E-state index is 0.195. The molecule has 0 unspecified atom stereocenters. The quantitative estimate of drug-likeness (QED) is 0.650. The summed E-state index contributed by atoms with van der Waals surface area (Å²) in [6.07, 6.45) is 1.44. The molecule has 2 aromatic rings. The van der Waals surface area contributed by atoms with E-state index in [4.69, 9.17) is 20.4 Å². The lowest BCUT2D eigenvalue weighted by atomic mass is 10.3. The second-order valence-corrected chi connectivity index (χ2v) is 3.83. The molecule has 0 bridgehead atoms. The Morgan fingerprint density at radius 3 is 1.00 bits per heavy atom. The van der Waals surface area contributed by atoms with Gasteiger partial charge in [0.2, 0.25) is 0 Å². The van der Waals surface area contributed by atoms with Crippen LogP contribution < -0.4 is 0 Å². The van der Waals surface area contributed by atoms with E-state index in [0.29, 0.717) is 11.5 Å². The van der Waals surface area contributed by atoms with Crippen LogP contribution in [-0.2, 0) is 0 Å². The molecule has 0 radical (unpaired) electrons. The van der Waals surface area contributed by atoms with E-state index < -0.39 is 0 Å². The van der Waals surface area contributed by atoms with Crippen LogP contribution >= 0.6 is 0 Å². The summed E-state index contributed by atoms with van der Waals surface area (Å²) in [6, 6.07) is 17.4. The lowest BCUT2D eigenvalue weighted by molar-refractivity contribution is 0.242. The number of aliphatic hydroxyl groups is 2. The van der Waals surface area contributed by atoms with E-state index in [0.717, 1.165) is 12.8 Å². The van der Waals surface area contributed by atoms with Crippen molar-refractivity contribution in [2.75, 3.05) is 13.2 Å². The predicted octanol–water partition coefficient (Wildman–Crippen LogP) is 2.54. The molecule has 4 nitrogen and oxygen atoms in total. The summed E-state index contributed by atoms with van der Waals surface area (Å²) < 4.78 is 0. The molecule has 2 rings (SSSR count). The lowest BCUT2D eigenvalue weighted by Gasteiger charge is -1.85. The van der Waals surface area contributed by atoms with Crippen molar-refractivity contribution in [2.24, 2.45) is 0 Å². The van der Waals surface area contributed by atoms with Gasteiger partial charge in [0.15, 0.2) is 0 Å². The Morgan fingerprint density at radius 1 is 0.550 bits per heavy atom. The molecular formula is C16H22O4. The second-order valence-electron chi connectivity index (χ2n) is 3.83. The zero-order chi connectivity index (χ0) is 15.1. The molecule has 0 aliphatic carbocycles. The van der Waals surface area contributed by atoms with Gasteiger partial charge in [-0.25, -0.2) is 0 Å². The van der Waals surface area contributed by atoms with Gasteiger partial charge in [-0.1, -0.05) is 36.4 Å². The maximum absolute atomic E-state index is 8.63. The summed E-state index contributed by atoms with van der Waals surface area (Å²) in [4.78, 5) is 0. The maximum atomic E-state index is 8.63. The number of benzene rings is 2. The Kier molecular flexibility index (Phi) is 12.0. The number of para-hydroxylation sites is 2. The normalized spacial score (nSPS) is 8.70. The van der Waals surface area contributed by atoms with E-state index in [-0.39, 0.29) is 13.2 Å². The zero-order valence-electron chi connectivity index (χ0n) is 11.4. The van der Waals surface area contributed by atoms with Gasteiger partial charge in [0.1, 0.15) is 11.5 Å². The first-order valence-electron chi connectivity index (χ1n) is 6.40. The summed E-state index contributed by atoms with van der Waals surface area (Å²) in [5.74, 6) is 0.644. The van der Waals surface area contributed by atoms with Crippen LogP contribution in [0.5, 0.6) is 11.5 Å². The number of hydrogen-bond acceptors (Lipinski definition) is 4. The Labute approximate surface area is 119 Å². The third-order valence-electron chi connectivity index (χ3n) is 2.08. The Hall–Kier alpha value is -2.04. The first kappa shape index (κ1) is 18.0. The number of rotatable bonds is 3. The van der Waals surface area contributed by atoms with Crippen LogP contribution in [-0.4, -0.2) is 33.6 Å². The fraction of sp³-hybridized carbons (Fsp3) is 0.250. The van der Waals surface area contributed by atoms with E-state index in [1.54, 1.807) is 48.5 Å². The minimum absolute atomic E-state index is 0.195. The molecule has 4 N–H and O–H groups in total. The van der Waals surface area contributed by atoms with Crippen LogP contribution in [0.3, 0.4) is 0 Å². The standard InChI is InChI=1S/2C6H6O.C4H10O2/c2*7-6-4-2-1-3-5-6;5-3-1-2-4-6/h2*1-5,7H;5-6H,1-4H2. The highest BCUT2D eigenvalue weighted by atomic mass is 16.3. The van der Waals surface area contributed by atoms with E-state index in [9.17, 15) is 0 Å². The number of phenols is 2. The van der Waals surface area contributed by atoms with Crippen molar-refractivity contribution in [1.29, 1.82) is 0 Å². The number of hydrogen-bond donors (Lipinski definition) is 4. The molecule has 0 heterocycles. The van der Waals surface area contributed by atoms with E-state index >= 15 is 0 Å². The third-order valence-corrected chi connectivity index (χ3v) is 2.08. The van der Waals surface area contributed by atoms with Crippen LogP contribution in [0.4, 0.5) is 0 Å². The molecule has 0 aliphatic rings. The van der Waals surface area contributed by atoms with Crippen LogP contribution in [0.1, 0.15) is 12.8 Å². The minimum Gasteiger partial charge on any atom is -0.508 e. The molecule has 20 heavy (non-hydrogen) atoms. The highest BCUT2D eigenvalue weighted by Gasteiger charge is 1.77. The molecule has 0 saturated carbocycles. The van der Waals surface area contributed by atoms with Crippen LogP contribution in [0.25, 0.3) is 0 Å². The highest BCUT2D eigenvalue weighted by Crippen LogP contribution is 2.03. The largest absolute Gasteiger partial charge is 0.508 e. The van der Waals surface area contributed by atoms with Gasteiger partial charge in [0, 0.05) is 13.2 Å². The van der Waals surface area contributed by atoms with Gasteiger partial charge in [-0.2, -0.15) is 0 Å². The first-order valence-corrected chi connectivity index (χ1v) is 6.40. The van der Waals surface area contributed by atoms with Crippen molar-refractivity contribution in [3.05, 3.63) is 60.7 Å². The molecule has 0 saturated heterocycles. The topological polar surface area (TPSA) is 80.9 Å². The molecule has 0 atom stereocenters. The van der Waals surface area contributed by atoms with Crippen molar-refractivity contribution in [1.82, 2.24) is 0 Å². The number of phenolic OH excluding ortho intramolecular Hbond substituents is 2. The molecule has 2 aromatic carbocycles. The van der Waals surface area contributed by atoms with Gasteiger partial charge >= 0.3 is 0 Å². The van der Waals surface area contributed by atoms with Crippen molar-refractivity contribution in [3.8, 4) is 11.5 Å². The maximum Gasteiger partial charge on any atom is 0.115 e. The molecule has 0 aliphatic heterocycles. The smallest absolute Gasteiger partial charge is 0.115 e. The first-order chi connectivity index (χ1) is 9.70. The molecular weight excluding hydrogens is 256 g/mol. The summed E-state index contributed by atoms with van der Waals surface area (Å²) in [7, 11) is 0. The fourth-order valence-corrected chi connectivity index (χ4v) is 1.08. The van der Waals surface area contributed by atoms with Crippen LogP contribution in [0.15, 0.2) is 60.7 Å². The average molecular weight is 278 g/mol. The van der Waals surface area contributed by atoms with E-state index in [2.05, 4.69) is 0 Å². The monoisotopic (exact) mass is 278 g/mol. The summed E-state index contributed by atoms with van der Waals surface area (Å²) >= 11 is 0. The number of aromatic hydroxyl groups is 2. The molecule has 0 aromatic heterocycles. The van der Waals surface area contributed by atoms with Gasteiger partial charge in [-0.3, -0.25) is 0 Å². The van der Waals surface area contributed by atoms with Crippen LogP contribution in [0.2, 0.25) is 0 Å². The third kappa shape index (κ3) is 12.4. The Balaban J connectivity index is 0.000000272. The molecule has 4 heteroatoms.